The van der Waals surface area contributed by atoms with Crippen molar-refractivity contribution in [2.24, 2.45) is 5.41 Å². The van der Waals surface area contributed by atoms with Crippen molar-refractivity contribution >= 4 is 11.3 Å². The Morgan fingerprint density at radius 1 is 1.67 bits per heavy atom. The van der Waals surface area contributed by atoms with Crippen molar-refractivity contribution in [2.75, 3.05) is 0 Å². The van der Waals surface area contributed by atoms with Gasteiger partial charge in [-0.15, -0.1) is 0 Å². The third kappa shape index (κ3) is 1.41. The van der Waals surface area contributed by atoms with E-state index in [2.05, 4.69) is 16.8 Å². The van der Waals surface area contributed by atoms with E-state index in [9.17, 15) is 5.11 Å². The van der Waals surface area contributed by atoms with E-state index in [-0.39, 0.29) is 11.5 Å². The molecule has 0 radical (unpaired) electrons. The molecule has 1 aromatic heterocycles. The van der Waals surface area contributed by atoms with Gasteiger partial charge in [-0.2, -0.15) is 11.3 Å². The molecule has 1 unspecified atom stereocenters. The number of aliphatic hydroxyl groups excluding tert-OH is 1. The van der Waals surface area contributed by atoms with Crippen molar-refractivity contribution in [2.45, 2.75) is 32.3 Å². The molecule has 1 atom stereocenters. The third-order valence-electron chi connectivity index (χ3n) is 2.91. The Balaban J connectivity index is 2.04. The molecule has 0 spiro atoms. The van der Waals surface area contributed by atoms with Crippen molar-refractivity contribution < 1.29 is 5.11 Å². The summed E-state index contributed by atoms with van der Waals surface area (Å²) in [4.78, 5) is 0. The monoisotopic (exact) mass is 182 g/mol. The summed E-state index contributed by atoms with van der Waals surface area (Å²) in [5.74, 6) is 0. The van der Waals surface area contributed by atoms with Crippen LogP contribution in [0.15, 0.2) is 16.8 Å². The van der Waals surface area contributed by atoms with Crippen LogP contribution in [0, 0.1) is 5.41 Å². The Hall–Kier alpha value is -0.340. The van der Waals surface area contributed by atoms with Crippen LogP contribution in [-0.2, 0) is 6.42 Å². The zero-order valence-electron chi connectivity index (χ0n) is 7.29. The summed E-state index contributed by atoms with van der Waals surface area (Å²) in [6, 6.07) is 2.16. The van der Waals surface area contributed by atoms with E-state index >= 15 is 0 Å². The maximum absolute atomic E-state index is 9.54. The predicted molar refractivity (Wildman–Crippen MR) is 51.4 cm³/mol. The lowest BCUT2D eigenvalue weighted by Crippen LogP contribution is -2.20. The first-order valence-electron chi connectivity index (χ1n) is 4.42. The fourth-order valence-electron chi connectivity index (χ4n) is 1.70. The lowest BCUT2D eigenvalue weighted by atomic mass is 9.93. The highest BCUT2D eigenvalue weighted by atomic mass is 32.1. The molecule has 1 aliphatic carbocycles. The summed E-state index contributed by atoms with van der Waals surface area (Å²) in [5, 5.41) is 13.8. The molecule has 0 aromatic carbocycles. The van der Waals surface area contributed by atoms with Gasteiger partial charge in [0, 0.05) is 5.41 Å². The second-order valence-corrected chi connectivity index (χ2v) is 4.63. The van der Waals surface area contributed by atoms with Gasteiger partial charge < -0.3 is 5.11 Å². The normalized spacial score (nSPS) is 22.2. The standard InChI is InChI=1S/C10H14OS/c1-8(11)10(3-4-10)6-9-2-5-12-7-9/h2,5,7-8,11H,3-4,6H2,1H3. The summed E-state index contributed by atoms with van der Waals surface area (Å²) in [7, 11) is 0. The third-order valence-corrected chi connectivity index (χ3v) is 3.65. The quantitative estimate of drug-likeness (QED) is 0.761. The summed E-state index contributed by atoms with van der Waals surface area (Å²) in [6.07, 6.45) is 3.31. The molecule has 1 saturated carbocycles. The van der Waals surface area contributed by atoms with Crippen LogP contribution in [0.4, 0.5) is 0 Å². The van der Waals surface area contributed by atoms with Crippen molar-refractivity contribution in [3.05, 3.63) is 22.4 Å². The van der Waals surface area contributed by atoms with E-state index in [0.717, 1.165) is 6.42 Å². The molecule has 1 nitrogen and oxygen atoms in total. The van der Waals surface area contributed by atoms with Gasteiger partial charge in [0.1, 0.15) is 0 Å². The highest BCUT2D eigenvalue weighted by Gasteiger charge is 2.46. The summed E-state index contributed by atoms with van der Waals surface area (Å²) in [6.45, 7) is 1.92. The molecule has 2 heteroatoms. The average Bonchev–Trinajstić information content (AvgIpc) is 2.60. The van der Waals surface area contributed by atoms with Crippen LogP contribution >= 0.6 is 11.3 Å². The van der Waals surface area contributed by atoms with Crippen molar-refractivity contribution in [3.63, 3.8) is 0 Å². The topological polar surface area (TPSA) is 20.2 Å². The van der Waals surface area contributed by atoms with E-state index in [4.69, 9.17) is 0 Å². The molecule has 1 N–H and O–H groups in total. The Bertz CT molecular complexity index is 247. The average molecular weight is 182 g/mol. The lowest BCUT2D eigenvalue weighted by molar-refractivity contribution is 0.110. The molecule has 2 rings (SSSR count). The van der Waals surface area contributed by atoms with Gasteiger partial charge in [-0.1, -0.05) is 0 Å². The Labute approximate surface area is 77.0 Å². The van der Waals surface area contributed by atoms with Gasteiger partial charge in [-0.3, -0.25) is 0 Å². The van der Waals surface area contributed by atoms with Crippen LogP contribution in [0.25, 0.3) is 0 Å². The second kappa shape index (κ2) is 2.86. The maximum atomic E-state index is 9.54. The number of hydrogen-bond donors (Lipinski definition) is 1. The molecular weight excluding hydrogens is 168 g/mol. The largest absolute Gasteiger partial charge is 0.393 e. The van der Waals surface area contributed by atoms with E-state index in [1.165, 1.54) is 18.4 Å². The Morgan fingerprint density at radius 3 is 2.83 bits per heavy atom. The molecule has 1 aromatic rings. The minimum Gasteiger partial charge on any atom is -0.393 e. The smallest absolute Gasteiger partial charge is 0.0571 e. The van der Waals surface area contributed by atoms with Crippen molar-refractivity contribution in [3.8, 4) is 0 Å². The lowest BCUT2D eigenvalue weighted by Gasteiger charge is -2.17. The molecular formula is C10H14OS. The molecule has 1 aliphatic rings. The van der Waals surface area contributed by atoms with E-state index in [1.54, 1.807) is 11.3 Å². The van der Waals surface area contributed by atoms with Gasteiger partial charge in [0.05, 0.1) is 6.10 Å². The van der Waals surface area contributed by atoms with Crippen molar-refractivity contribution in [1.29, 1.82) is 0 Å². The minimum atomic E-state index is -0.141. The number of hydrogen-bond acceptors (Lipinski definition) is 2. The van der Waals surface area contributed by atoms with Gasteiger partial charge >= 0.3 is 0 Å². The zero-order valence-corrected chi connectivity index (χ0v) is 8.10. The first-order valence-corrected chi connectivity index (χ1v) is 5.36. The van der Waals surface area contributed by atoms with Gasteiger partial charge in [-0.05, 0) is 48.6 Å². The van der Waals surface area contributed by atoms with Gasteiger partial charge in [0.2, 0.25) is 0 Å². The molecule has 12 heavy (non-hydrogen) atoms. The molecule has 0 aliphatic heterocycles. The fraction of sp³-hybridized carbons (Fsp3) is 0.600. The van der Waals surface area contributed by atoms with Crippen LogP contribution in [0.2, 0.25) is 0 Å². The molecule has 1 heterocycles. The highest BCUT2D eigenvalue weighted by molar-refractivity contribution is 7.07. The minimum absolute atomic E-state index is 0.141. The molecule has 1 fully saturated rings. The maximum Gasteiger partial charge on any atom is 0.0571 e. The molecule has 66 valence electrons. The number of thiophene rings is 1. The van der Waals surface area contributed by atoms with Crippen LogP contribution in [0.3, 0.4) is 0 Å². The number of rotatable bonds is 3. The first-order chi connectivity index (χ1) is 5.73. The van der Waals surface area contributed by atoms with E-state index in [1.807, 2.05) is 6.92 Å². The second-order valence-electron chi connectivity index (χ2n) is 3.85. The van der Waals surface area contributed by atoms with Gasteiger partial charge in [0.25, 0.3) is 0 Å². The zero-order chi connectivity index (χ0) is 8.60. The number of aliphatic hydroxyl groups is 1. The Morgan fingerprint density at radius 2 is 2.42 bits per heavy atom. The van der Waals surface area contributed by atoms with E-state index < -0.39 is 0 Å². The van der Waals surface area contributed by atoms with Gasteiger partial charge in [0.15, 0.2) is 0 Å². The van der Waals surface area contributed by atoms with Crippen LogP contribution in [-0.4, -0.2) is 11.2 Å². The van der Waals surface area contributed by atoms with Crippen molar-refractivity contribution in [1.82, 2.24) is 0 Å². The predicted octanol–water partition coefficient (Wildman–Crippen LogP) is 2.45. The van der Waals surface area contributed by atoms with Crippen LogP contribution in [0.1, 0.15) is 25.3 Å². The summed E-state index contributed by atoms with van der Waals surface area (Å²) >= 11 is 1.74. The molecule has 0 saturated heterocycles. The van der Waals surface area contributed by atoms with E-state index in [0.29, 0.717) is 0 Å². The SMILES string of the molecule is CC(O)C1(Cc2ccsc2)CC1. The first kappa shape index (κ1) is 8.27. The fourth-order valence-corrected chi connectivity index (χ4v) is 2.37. The summed E-state index contributed by atoms with van der Waals surface area (Å²) < 4.78 is 0. The van der Waals surface area contributed by atoms with Crippen LogP contribution < -0.4 is 0 Å². The molecule has 0 bridgehead atoms. The van der Waals surface area contributed by atoms with Crippen LogP contribution in [0.5, 0.6) is 0 Å². The Kier molecular flexibility index (Phi) is 1.97. The molecule has 0 amide bonds. The van der Waals surface area contributed by atoms with Gasteiger partial charge in [-0.25, -0.2) is 0 Å². The highest BCUT2D eigenvalue weighted by Crippen LogP contribution is 2.51. The summed E-state index contributed by atoms with van der Waals surface area (Å²) in [5.41, 5.74) is 1.62.